The lowest BCUT2D eigenvalue weighted by Gasteiger charge is -2.04. The first-order valence-corrected chi connectivity index (χ1v) is 7.84. The van der Waals surface area contributed by atoms with Gasteiger partial charge in [0, 0.05) is 18.3 Å². The highest BCUT2D eigenvalue weighted by atomic mass is 19.1. The Balaban J connectivity index is 0.000000269. The third kappa shape index (κ3) is 5.73. The van der Waals surface area contributed by atoms with Gasteiger partial charge in [0.05, 0.1) is 0 Å². The fourth-order valence-electron chi connectivity index (χ4n) is 2.02. The minimum absolute atomic E-state index is 0.172. The number of pyridine rings is 1. The molecule has 3 rings (SSSR count). The summed E-state index contributed by atoms with van der Waals surface area (Å²) < 4.78 is 11.9. The molecule has 2 N–H and O–H groups in total. The van der Waals surface area contributed by atoms with Crippen LogP contribution in [0, 0.1) is 5.82 Å². The van der Waals surface area contributed by atoms with Crippen molar-refractivity contribution < 1.29 is 14.3 Å². The molecule has 0 aliphatic rings. The van der Waals surface area contributed by atoms with Gasteiger partial charge >= 0.3 is 0 Å². The van der Waals surface area contributed by atoms with Crippen molar-refractivity contribution in [2.75, 3.05) is 6.54 Å². The molecule has 0 bridgehead atoms. The average Bonchev–Trinajstić information content (AvgIpc) is 2.64. The maximum atomic E-state index is 11.9. The van der Waals surface area contributed by atoms with Crippen LogP contribution >= 0.6 is 0 Å². The van der Waals surface area contributed by atoms with Gasteiger partial charge in [-0.25, -0.2) is 4.39 Å². The highest BCUT2D eigenvalue weighted by Crippen LogP contribution is 2.21. The van der Waals surface area contributed by atoms with E-state index in [1.54, 1.807) is 54.7 Å². The SMILES string of the molecule is CCNC(=O)c1ccc(-c2ccc(O)cc2)cn1.Fc1ccccc1. The molecule has 0 saturated carbocycles. The summed E-state index contributed by atoms with van der Waals surface area (Å²) in [4.78, 5) is 15.7. The van der Waals surface area contributed by atoms with E-state index in [4.69, 9.17) is 0 Å². The van der Waals surface area contributed by atoms with Gasteiger partial charge in [0.15, 0.2) is 0 Å². The monoisotopic (exact) mass is 338 g/mol. The molecule has 0 aliphatic heterocycles. The summed E-state index contributed by atoms with van der Waals surface area (Å²) in [6.07, 6.45) is 1.65. The molecule has 128 valence electrons. The Morgan fingerprint density at radius 1 is 1.00 bits per heavy atom. The summed E-state index contributed by atoms with van der Waals surface area (Å²) in [6, 6.07) is 18.3. The van der Waals surface area contributed by atoms with Crippen molar-refractivity contribution in [3.63, 3.8) is 0 Å². The maximum Gasteiger partial charge on any atom is 0.269 e. The van der Waals surface area contributed by atoms with Crippen LogP contribution in [0.25, 0.3) is 11.1 Å². The van der Waals surface area contributed by atoms with Crippen molar-refractivity contribution in [1.29, 1.82) is 0 Å². The van der Waals surface area contributed by atoms with E-state index in [-0.39, 0.29) is 17.5 Å². The number of amides is 1. The van der Waals surface area contributed by atoms with Crippen LogP contribution in [-0.4, -0.2) is 22.5 Å². The van der Waals surface area contributed by atoms with Crippen molar-refractivity contribution in [2.45, 2.75) is 6.92 Å². The smallest absolute Gasteiger partial charge is 0.269 e. The summed E-state index contributed by atoms with van der Waals surface area (Å²) in [5.41, 5.74) is 2.25. The van der Waals surface area contributed by atoms with Crippen LogP contribution in [0.4, 0.5) is 4.39 Å². The first kappa shape index (κ1) is 18.1. The van der Waals surface area contributed by atoms with Crippen molar-refractivity contribution in [1.82, 2.24) is 10.3 Å². The summed E-state index contributed by atoms with van der Waals surface area (Å²) in [6.45, 7) is 2.45. The molecule has 0 radical (unpaired) electrons. The lowest BCUT2D eigenvalue weighted by atomic mass is 10.1. The topological polar surface area (TPSA) is 62.2 Å². The van der Waals surface area contributed by atoms with E-state index < -0.39 is 0 Å². The zero-order valence-electron chi connectivity index (χ0n) is 13.8. The number of nitrogens with zero attached hydrogens (tertiary/aromatic N) is 1. The molecule has 1 heterocycles. The predicted octanol–water partition coefficient (Wildman–Crippen LogP) is 4.03. The molecule has 0 fully saturated rings. The molecule has 1 amide bonds. The summed E-state index contributed by atoms with van der Waals surface area (Å²) >= 11 is 0. The molecule has 0 atom stereocenters. The third-order valence-corrected chi connectivity index (χ3v) is 3.27. The van der Waals surface area contributed by atoms with Gasteiger partial charge in [-0.1, -0.05) is 36.4 Å². The van der Waals surface area contributed by atoms with Crippen molar-refractivity contribution in [3.05, 3.63) is 84.4 Å². The molecule has 0 aliphatic carbocycles. The predicted molar refractivity (Wildman–Crippen MR) is 95.7 cm³/mol. The lowest BCUT2D eigenvalue weighted by Crippen LogP contribution is -2.23. The number of halogens is 1. The van der Waals surface area contributed by atoms with E-state index in [2.05, 4.69) is 10.3 Å². The zero-order valence-corrected chi connectivity index (χ0v) is 13.8. The largest absolute Gasteiger partial charge is 0.508 e. The Morgan fingerprint density at radius 2 is 1.64 bits per heavy atom. The number of benzene rings is 2. The van der Waals surface area contributed by atoms with Crippen LogP contribution in [0.1, 0.15) is 17.4 Å². The molecule has 4 nitrogen and oxygen atoms in total. The van der Waals surface area contributed by atoms with Gasteiger partial charge in [0.2, 0.25) is 0 Å². The Kier molecular flexibility index (Phi) is 6.65. The van der Waals surface area contributed by atoms with Gasteiger partial charge in [-0.2, -0.15) is 0 Å². The quantitative estimate of drug-likeness (QED) is 0.758. The Morgan fingerprint density at radius 3 is 2.12 bits per heavy atom. The van der Waals surface area contributed by atoms with Gasteiger partial charge in [0.1, 0.15) is 17.3 Å². The van der Waals surface area contributed by atoms with Crippen LogP contribution in [0.5, 0.6) is 5.75 Å². The summed E-state index contributed by atoms with van der Waals surface area (Å²) in [7, 11) is 0. The first-order chi connectivity index (χ1) is 12.1. The number of aromatic hydroxyl groups is 1. The molecule has 0 spiro atoms. The molecule has 0 unspecified atom stereocenters. The van der Waals surface area contributed by atoms with E-state index in [0.717, 1.165) is 11.1 Å². The number of aromatic nitrogens is 1. The molecule has 0 saturated heterocycles. The summed E-state index contributed by atoms with van der Waals surface area (Å²) in [5.74, 6) is -0.122. The van der Waals surface area contributed by atoms with Crippen LogP contribution in [-0.2, 0) is 0 Å². The second-order valence-electron chi connectivity index (χ2n) is 5.13. The van der Waals surface area contributed by atoms with Crippen LogP contribution in [0.15, 0.2) is 72.9 Å². The van der Waals surface area contributed by atoms with Gasteiger partial charge in [-0.05, 0) is 42.8 Å². The second-order valence-corrected chi connectivity index (χ2v) is 5.13. The fourth-order valence-corrected chi connectivity index (χ4v) is 2.02. The third-order valence-electron chi connectivity index (χ3n) is 3.27. The number of phenolic OH excluding ortho intramolecular Hbond substituents is 1. The number of rotatable bonds is 3. The van der Waals surface area contributed by atoms with Crippen LogP contribution < -0.4 is 5.32 Å². The second kappa shape index (κ2) is 9.17. The van der Waals surface area contributed by atoms with E-state index in [0.29, 0.717) is 12.2 Å². The number of carbonyl (C=O) groups is 1. The fraction of sp³-hybridized carbons (Fsp3) is 0.100. The van der Waals surface area contributed by atoms with Crippen LogP contribution in [0.2, 0.25) is 0 Å². The van der Waals surface area contributed by atoms with Gasteiger partial charge in [0.25, 0.3) is 5.91 Å². The van der Waals surface area contributed by atoms with Crippen molar-refractivity contribution >= 4 is 5.91 Å². The molecule has 5 heteroatoms. The zero-order chi connectivity index (χ0) is 18.1. The molecule has 3 aromatic rings. The van der Waals surface area contributed by atoms with Gasteiger partial charge in [-0.15, -0.1) is 0 Å². The van der Waals surface area contributed by atoms with E-state index in [1.807, 2.05) is 13.0 Å². The number of nitrogens with one attached hydrogen (secondary N) is 1. The Labute approximate surface area is 146 Å². The van der Waals surface area contributed by atoms with Gasteiger partial charge in [-0.3, -0.25) is 9.78 Å². The number of phenols is 1. The molecule has 1 aromatic heterocycles. The average molecular weight is 338 g/mol. The lowest BCUT2D eigenvalue weighted by molar-refractivity contribution is 0.0951. The minimum Gasteiger partial charge on any atom is -0.508 e. The van der Waals surface area contributed by atoms with Crippen molar-refractivity contribution in [3.8, 4) is 16.9 Å². The molecule has 25 heavy (non-hydrogen) atoms. The minimum atomic E-state index is -0.178. The number of carbonyl (C=O) groups excluding carboxylic acids is 1. The first-order valence-electron chi connectivity index (χ1n) is 7.84. The van der Waals surface area contributed by atoms with Crippen molar-refractivity contribution in [2.24, 2.45) is 0 Å². The maximum absolute atomic E-state index is 11.9. The highest BCUT2D eigenvalue weighted by molar-refractivity contribution is 5.92. The number of hydrogen-bond acceptors (Lipinski definition) is 3. The summed E-state index contributed by atoms with van der Waals surface area (Å²) in [5, 5.41) is 11.9. The normalized spacial score (nSPS) is 9.68. The van der Waals surface area contributed by atoms with E-state index >= 15 is 0 Å². The Hall–Kier alpha value is -3.21. The molecule has 2 aromatic carbocycles. The van der Waals surface area contributed by atoms with Gasteiger partial charge < -0.3 is 10.4 Å². The number of hydrogen-bond donors (Lipinski definition) is 2. The molecular weight excluding hydrogens is 319 g/mol. The highest BCUT2D eigenvalue weighted by Gasteiger charge is 2.06. The standard InChI is InChI=1S/C14H14N2O2.C6H5F/c1-2-15-14(18)13-8-5-11(9-16-13)10-3-6-12(17)7-4-10;7-6-4-2-1-3-5-6/h3-9,17H,2H2,1H3,(H,15,18);1-5H. The van der Waals surface area contributed by atoms with Crippen LogP contribution in [0.3, 0.4) is 0 Å². The van der Waals surface area contributed by atoms with E-state index in [9.17, 15) is 14.3 Å². The Bertz CT molecular complexity index is 788. The molecular formula is C20H19FN2O2. The van der Waals surface area contributed by atoms with E-state index in [1.165, 1.54) is 12.1 Å².